The molecule has 0 saturated carbocycles. The Morgan fingerprint density at radius 2 is 0.926 bits per heavy atom. The van der Waals surface area contributed by atoms with E-state index in [1.165, 1.54) is 75.1 Å². The van der Waals surface area contributed by atoms with Crippen molar-refractivity contribution < 1.29 is 0 Å². The molecule has 3 nitrogen and oxygen atoms in total. The van der Waals surface area contributed by atoms with Gasteiger partial charge in [0.1, 0.15) is 0 Å². The molecular weight excluding hydrogens is 675 g/mol. The van der Waals surface area contributed by atoms with Crippen LogP contribution >= 0.6 is 11.3 Å². The van der Waals surface area contributed by atoms with Crippen LogP contribution in [0, 0.1) is 0 Å². The minimum atomic E-state index is -0.215. The van der Waals surface area contributed by atoms with Gasteiger partial charge in [-0.3, -0.25) is 0 Å². The van der Waals surface area contributed by atoms with Crippen molar-refractivity contribution in [3.05, 3.63) is 175 Å². The molecule has 0 atom stereocenters. The van der Waals surface area contributed by atoms with Gasteiger partial charge in [-0.25, -0.2) is 15.0 Å². The molecule has 10 aromatic rings. The summed E-state index contributed by atoms with van der Waals surface area (Å²) in [6.45, 7) is 4.68. The highest BCUT2D eigenvalue weighted by molar-refractivity contribution is 7.26. The van der Waals surface area contributed by atoms with Gasteiger partial charge in [0.2, 0.25) is 0 Å². The molecule has 0 unspecified atom stereocenters. The molecule has 0 amide bonds. The molecule has 254 valence electrons. The number of rotatable bonds is 4. The lowest BCUT2D eigenvalue weighted by molar-refractivity contribution is 0.661. The lowest BCUT2D eigenvalue weighted by Crippen LogP contribution is -2.15. The fourth-order valence-electron chi connectivity index (χ4n) is 8.54. The van der Waals surface area contributed by atoms with E-state index in [2.05, 4.69) is 141 Å². The number of thiophene rings is 1. The van der Waals surface area contributed by atoms with Gasteiger partial charge in [0.15, 0.2) is 17.5 Å². The molecule has 2 heterocycles. The zero-order chi connectivity index (χ0) is 36.0. The molecule has 0 bridgehead atoms. The van der Waals surface area contributed by atoms with Crippen molar-refractivity contribution in [2.24, 2.45) is 0 Å². The van der Waals surface area contributed by atoms with E-state index in [1.54, 1.807) is 0 Å². The van der Waals surface area contributed by atoms with Crippen LogP contribution in [0.5, 0.6) is 0 Å². The molecule has 0 radical (unpaired) electrons. The van der Waals surface area contributed by atoms with Crippen LogP contribution in [0.15, 0.2) is 164 Å². The molecular formula is C50H33N3S. The molecule has 54 heavy (non-hydrogen) atoms. The first kappa shape index (κ1) is 31.1. The predicted octanol–water partition coefficient (Wildman–Crippen LogP) is 13.5. The number of hydrogen-bond acceptors (Lipinski definition) is 4. The second-order valence-corrected chi connectivity index (χ2v) is 15.9. The summed E-state index contributed by atoms with van der Waals surface area (Å²) in [4.78, 5) is 15.0. The third kappa shape index (κ3) is 4.77. The van der Waals surface area contributed by atoms with E-state index in [0.717, 1.165) is 16.7 Å². The molecule has 8 aromatic carbocycles. The van der Waals surface area contributed by atoms with Crippen LogP contribution in [0.4, 0.5) is 0 Å². The van der Waals surface area contributed by atoms with E-state index < -0.39 is 0 Å². The summed E-state index contributed by atoms with van der Waals surface area (Å²) in [5.41, 5.74) is 10.3. The van der Waals surface area contributed by atoms with E-state index in [1.807, 2.05) is 47.7 Å². The van der Waals surface area contributed by atoms with E-state index in [0.29, 0.717) is 17.5 Å². The van der Waals surface area contributed by atoms with Gasteiger partial charge < -0.3 is 0 Å². The Bertz CT molecular complexity index is 3070. The number of fused-ring (bicyclic) bond motifs is 10. The van der Waals surface area contributed by atoms with Crippen molar-refractivity contribution in [2.45, 2.75) is 19.3 Å². The van der Waals surface area contributed by atoms with Crippen LogP contribution in [0.1, 0.15) is 25.0 Å². The molecule has 0 fully saturated rings. The van der Waals surface area contributed by atoms with Crippen molar-refractivity contribution in [3.8, 4) is 56.4 Å². The molecule has 0 aliphatic heterocycles. The predicted molar refractivity (Wildman–Crippen MR) is 227 cm³/mol. The quantitative estimate of drug-likeness (QED) is 0.171. The summed E-state index contributed by atoms with van der Waals surface area (Å²) in [6, 6.07) is 59.0. The largest absolute Gasteiger partial charge is 0.208 e. The number of aromatic nitrogens is 3. The fourth-order valence-corrected chi connectivity index (χ4v) is 9.66. The van der Waals surface area contributed by atoms with Gasteiger partial charge in [-0.05, 0) is 85.3 Å². The Kier molecular flexibility index (Phi) is 6.77. The van der Waals surface area contributed by atoms with Crippen LogP contribution in [0.25, 0.3) is 98.1 Å². The fraction of sp³-hybridized carbons (Fsp3) is 0.0600. The van der Waals surface area contributed by atoms with E-state index in [-0.39, 0.29) is 5.41 Å². The SMILES string of the molecule is CC1(C)c2cc(-c3ccc4c(ccc5ccc6sc7ccccc7c6c54)c3)ccc2-c2ccc(-c3nc(-c4ccccc4)nc(-c4ccccc4)n3)cc21. The Morgan fingerprint density at radius 1 is 0.389 bits per heavy atom. The summed E-state index contributed by atoms with van der Waals surface area (Å²) in [7, 11) is 0. The zero-order valence-corrected chi connectivity index (χ0v) is 30.7. The van der Waals surface area contributed by atoms with Gasteiger partial charge in [0.05, 0.1) is 0 Å². The Balaban J connectivity index is 0.998. The average Bonchev–Trinajstić information content (AvgIpc) is 3.72. The van der Waals surface area contributed by atoms with Crippen molar-refractivity contribution in [1.29, 1.82) is 0 Å². The second-order valence-electron chi connectivity index (χ2n) is 14.8. The molecule has 11 rings (SSSR count). The van der Waals surface area contributed by atoms with Crippen molar-refractivity contribution in [2.75, 3.05) is 0 Å². The summed E-state index contributed by atoms with van der Waals surface area (Å²) >= 11 is 1.88. The van der Waals surface area contributed by atoms with Crippen molar-refractivity contribution in [3.63, 3.8) is 0 Å². The van der Waals surface area contributed by atoms with E-state index >= 15 is 0 Å². The smallest absolute Gasteiger partial charge is 0.164 e. The standard InChI is InChI=1S/C50H33N3S/c1-50(2)41-28-34(33-19-23-37-35(27-33)18-17-30-22-26-44-46(45(30)37)40-15-9-10-16-43(40)54-44)20-24-38(41)39-25-21-36(29-42(39)50)49-52-47(31-11-5-3-6-12-31)51-48(53-49)32-13-7-4-8-14-32/h3-29H,1-2H3. The van der Waals surface area contributed by atoms with E-state index in [9.17, 15) is 0 Å². The topological polar surface area (TPSA) is 38.7 Å². The molecule has 1 aliphatic carbocycles. The van der Waals surface area contributed by atoms with Crippen molar-refractivity contribution >= 4 is 53.1 Å². The molecule has 2 aromatic heterocycles. The average molecular weight is 708 g/mol. The van der Waals surface area contributed by atoms with Gasteiger partial charge in [-0.2, -0.15) is 0 Å². The second kappa shape index (κ2) is 11.8. The normalized spacial score (nSPS) is 13.1. The van der Waals surface area contributed by atoms with Gasteiger partial charge in [0, 0.05) is 42.3 Å². The minimum Gasteiger partial charge on any atom is -0.208 e. The van der Waals surface area contributed by atoms with Crippen molar-refractivity contribution in [1.82, 2.24) is 15.0 Å². The summed E-state index contributed by atoms with van der Waals surface area (Å²) in [5.74, 6) is 2.02. The highest BCUT2D eigenvalue weighted by Crippen LogP contribution is 2.51. The zero-order valence-electron chi connectivity index (χ0n) is 29.8. The lowest BCUT2D eigenvalue weighted by Gasteiger charge is -2.22. The molecule has 4 heteroatoms. The Hall–Kier alpha value is -6.49. The molecule has 1 aliphatic rings. The van der Waals surface area contributed by atoms with E-state index in [4.69, 9.17) is 15.0 Å². The van der Waals surface area contributed by atoms with Crippen LogP contribution in [0.2, 0.25) is 0 Å². The molecule has 0 spiro atoms. The van der Waals surface area contributed by atoms with Gasteiger partial charge in [-0.15, -0.1) is 11.3 Å². The summed E-state index contributed by atoms with van der Waals surface area (Å²) in [6.07, 6.45) is 0. The van der Waals surface area contributed by atoms with Gasteiger partial charge >= 0.3 is 0 Å². The Morgan fingerprint density at radius 3 is 1.63 bits per heavy atom. The molecule has 0 saturated heterocycles. The summed E-state index contributed by atoms with van der Waals surface area (Å²) in [5, 5.41) is 7.90. The number of hydrogen-bond donors (Lipinski definition) is 0. The minimum absolute atomic E-state index is 0.215. The third-order valence-corrected chi connectivity index (χ3v) is 12.4. The first-order chi connectivity index (χ1) is 26.5. The number of nitrogens with zero attached hydrogens (tertiary/aromatic N) is 3. The summed E-state index contributed by atoms with van der Waals surface area (Å²) < 4.78 is 2.68. The number of benzene rings is 8. The highest BCUT2D eigenvalue weighted by Gasteiger charge is 2.36. The Labute approximate surface area is 317 Å². The maximum atomic E-state index is 5.03. The maximum Gasteiger partial charge on any atom is 0.164 e. The van der Waals surface area contributed by atoms with Crippen LogP contribution in [-0.4, -0.2) is 15.0 Å². The van der Waals surface area contributed by atoms with Crippen LogP contribution in [0.3, 0.4) is 0 Å². The van der Waals surface area contributed by atoms with Crippen LogP contribution in [-0.2, 0) is 5.41 Å². The first-order valence-electron chi connectivity index (χ1n) is 18.4. The highest BCUT2D eigenvalue weighted by atomic mass is 32.1. The van der Waals surface area contributed by atoms with Gasteiger partial charge in [-0.1, -0.05) is 147 Å². The van der Waals surface area contributed by atoms with Crippen LogP contribution < -0.4 is 0 Å². The third-order valence-electron chi connectivity index (χ3n) is 11.3. The maximum absolute atomic E-state index is 5.03. The van der Waals surface area contributed by atoms with Gasteiger partial charge in [0.25, 0.3) is 0 Å². The monoisotopic (exact) mass is 707 g/mol. The molecule has 0 N–H and O–H groups in total. The first-order valence-corrected chi connectivity index (χ1v) is 19.3. The lowest BCUT2D eigenvalue weighted by atomic mass is 9.81.